The number of amides is 1. The number of hydrogen-bond acceptors (Lipinski definition) is 8. The van der Waals surface area contributed by atoms with Crippen molar-refractivity contribution in [1.29, 1.82) is 0 Å². The molecule has 1 unspecified atom stereocenters. The summed E-state index contributed by atoms with van der Waals surface area (Å²) in [5, 5.41) is 11.0. The highest BCUT2D eigenvalue weighted by molar-refractivity contribution is 7.22. The molecule has 1 aliphatic heterocycles. The van der Waals surface area contributed by atoms with Crippen molar-refractivity contribution in [1.82, 2.24) is 4.98 Å². The van der Waals surface area contributed by atoms with Crippen molar-refractivity contribution in [3.63, 3.8) is 0 Å². The van der Waals surface area contributed by atoms with Crippen molar-refractivity contribution in [3.05, 3.63) is 77.8 Å². The Morgan fingerprint density at radius 2 is 2.00 bits per heavy atom. The molecule has 0 saturated carbocycles. The Bertz CT molecular complexity index is 1310. The zero-order valence-electron chi connectivity index (χ0n) is 16.7. The molecule has 4 heterocycles. The van der Waals surface area contributed by atoms with Gasteiger partial charge in [-0.15, -0.1) is 12.4 Å². The van der Waals surface area contributed by atoms with Gasteiger partial charge in [-0.2, -0.15) is 0 Å². The fraction of sp³-hybridized carbons (Fsp3) is 0.136. The number of benzene rings is 1. The van der Waals surface area contributed by atoms with Gasteiger partial charge in [0.2, 0.25) is 5.78 Å². The third-order valence-electron chi connectivity index (χ3n) is 4.88. The van der Waals surface area contributed by atoms with E-state index in [0.717, 1.165) is 4.70 Å². The maximum Gasteiger partial charge on any atom is 0.296 e. The van der Waals surface area contributed by atoms with Gasteiger partial charge < -0.3 is 18.7 Å². The van der Waals surface area contributed by atoms with Crippen molar-refractivity contribution in [2.45, 2.75) is 13.0 Å². The molecule has 0 aliphatic carbocycles. The van der Waals surface area contributed by atoms with Crippen LogP contribution in [0.2, 0.25) is 0 Å². The Kier molecular flexibility index (Phi) is 5.77. The van der Waals surface area contributed by atoms with Crippen molar-refractivity contribution in [2.75, 3.05) is 11.5 Å². The second-order valence-corrected chi connectivity index (χ2v) is 7.73. The number of carbonyl (C=O) groups excluding carboxylic acids is 2. The number of aliphatic hydroxyl groups excluding tert-OH is 1. The van der Waals surface area contributed by atoms with Crippen LogP contribution in [0.3, 0.4) is 0 Å². The van der Waals surface area contributed by atoms with Gasteiger partial charge in [-0.1, -0.05) is 11.3 Å². The highest BCUT2D eigenvalue weighted by Crippen LogP contribution is 2.44. The van der Waals surface area contributed by atoms with Crippen LogP contribution in [0.25, 0.3) is 10.2 Å². The molecular weight excluding hydrogens is 456 g/mol. The number of anilines is 1. The smallest absolute Gasteiger partial charge is 0.296 e. The number of furan rings is 2. The normalized spacial score (nSPS) is 16.0. The average molecular weight is 473 g/mol. The third kappa shape index (κ3) is 3.45. The van der Waals surface area contributed by atoms with Gasteiger partial charge in [0.15, 0.2) is 16.7 Å². The van der Waals surface area contributed by atoms with Crippen LogP contribution in [0, 0.1) is 0 Å². The highest BCUT2D eigenvalue weighted by Gasteiger charge is 2.47. The molecular formula is C22H17ClN2O6S. The molecule has 3 aromatic heterocycles. The molecule has 1 atom stereocenters. The Morgan fingerprint density at radius 1 is 1.22 bits per heavy atom. The summed E-state index contributed by atoms with van der Waals surface area (Å²) in [4.78, 5) is 32.0. The van der Waals surface area contributed by atoms with E-state index in [4.69, 9.17) is 13.6 Å². The van der Waals surface area contributed by atoms with Crippen LogP contribution < -0.4 is 9.64 Å². The molecule has 0 radical (unpaired) electrons. The van der Waals surface area contributed by atoms with E-state index in [2.05, 4.69) is 4.98 Å². The molecule has 1 amide bonds. The first-order valence-corrected chi connectivity index (χ1v) is 10.3. The zero-order chi connectivity index (χ0) is 21.5. The van der Waals surface area contributed by atoms with Crippen LogP contribution in [0.15, 0.2) is 75.2 Å². The van der Waals surface area contributed by atoms with Crippen LogP contribution in [0.4, 0.5) is 5.13 Å². The van der Waals surface area contributed by atoms with Crippen molar-refractivity contribution >= 4 is 50.8 Å². The summed E-state index contributed by atoms with van der Waals surface area (Å²) in [5.74, 6) is -0.966. The fourth-order valence-corrected chi connectivity index (χ4v) is 4.56. The number of rotatable bonds is 6. The number of aliphatic hydroxyl groups is 1. The van der Waals surface area contributed by atoms with E-state index in [1.807, 2.05) is 13.0 Å². The summed E-state index contributed by atoms with van der Waals surface area (Å²) in [6, 6.07) is 10.8. The van der Waals surface area contributed by atoms with E-state index in [1.54, 1.807) is 30.3 Å². The molecule has 0 fully saturated rings. The van der Waals surface area contributed by atoms with E-state index in [-0.39, 0.29) is 23.7 Å². The monoisotopic (exact) mass is 472 g/mol. The van der Waals surface area contributed by atoms with Gasteiger partial charge in [0.05, 0.1) is 34.9 Å². The number of Topliss-reactive ketones (excluding diaryl/α,β-unsaturated/α-hetero) is 1. The van der Waals surface area contributed by atoms with Crippen LogP contribution in [-0.4, -0.2) is 28.4 Å². The number of carbonyl (C=O) groups is 2. The van der Waals surface area contributed by atoms with E-state index < -0.39 is 23.5 Å². The summed E-state index contributed by atoms with van der Waals surface area (Å²) in [7, 11) is 0. The maximum atomic E-state index is 13.1. The quantitative estimate of drug-likeness (QED) is 0.390. The van der Waals surface area contributed by atoms with E-state index in [9.17, 15) is 14.7 Å². The van der Waals surface area contributed by atoms with Gasteiger partial charge >= 0.3 is 0 Å². The number of aromatic nitrogens is 1. The minimum Gasteiger partial charge on any atom is -0.503 e. The van der Waals surface area contributed by atoms with Gasteiger partial charge in [-0.3, -0.25) is 14.5 Å². The number of thiazole rings is 1. The van der Waals surface area contributed by atoms with E-state index in [1.165, 1.54) is 34.8 Å². The molecule has 1 N–H and O–H groups in total. The molecule has 4 aromatic rings. The van der Waals surface area contributed by atoms with Crippen molar-refractivity contribution in [2.24, 2.45) is 0 Å². The second kappa shape index (κ2) is 8.52. The topological polar surface area (TPSA) is 106 Å². The molecule has 5 rings (SSSR count). The molecule has 164 valence electrons. The number of nitrogens with zero attached hydrogens (tertiary/aromatic N) is 2. The third-order valence-corrected chi connectivity index (χ3v) is 5.89. The summed E-state index contributed by atoms with van der Waals surface area (Å²) in [6.07, 6.45) is 2.79. The lowest BCUT2D eigenvalue weighted by Gasteiger charge is -2.21. The molecule has 0 bridgehead atoms. The van der Waals surface area contributed by atoms with Crippen molar-refractivity contribution in [3.8, 4) is 5.75 Å². The van der Waals surface area contributed by atoms with E-state index in [0.29, 0.717) is 28.8 Å². The molecule has 8 nitrogen and oxygen atoms in total. The van der Waals surface area contributed by atoms with E-state index >= 15 is 0 Å². The standard InChI is InChI=1S/C22H16N2O6S.ClH/c1-2-28-12-7-8-13-16(11-12)31-22(23-13)24-18(14-5-3-9-29-14)17(20(26)21(24)27)19(25)15-6-4-10-30-15;/h3-11,18,26H,2H2,1H3;1H. The number of hydrogen-bond donors (Lipinski definition) is 1. The van der Waals surface area contributed by atoms with Gasteiger partial charge in [0, 0.05) is 0 Å². The highest BCUT2D eigenvalue weighted by atomic mass is 35.5. The minimum absolute atomic E-state index is 0. The van der Waals surface area contributed by atoms with Crippen LogP contribution in [0.5, 0.6) is 5.75 Å². The number of fused-ring (bicyclic) bond motifs is 1. The number of ether oxygens (including phenoxy) is 1. The molecule has 32 heavy (non-hydrogen) atoms. The fourth-order valence-electron chi connectivity index (χ4n) is 3.54. The first-order chi connectivity index (χ1) is 15.1. The lowest BCUT2D eigenvalue weighted by molar-refractivity contribution is -0.117. The predicted octanol–water partition coefficient (Wildman–Crippen LogP) is 5.09. The molecule has 0 spiro atoms. The zero-order valence-corrected chi connectivity index (χ0v) is 18.3. The van der Waals surface area contributed by atoms with Crippen LogP contribution >= 0.6 is 23.7 Å². The van der Waals surface area contributed by atoms with Crippen LogP contribution in [0.1, 0.15) is 29.3 Å². The minimum atomic E-state index is -0.980. The number of halogens is 1. The first kappa shape index (κ1) is 21.7. The summed E-state index contributed by atoms with van der Waals surface area (Å²) >= 11 is 1.25. The Hall–Kier alpha value is -3.56. The molecule has 1 aromatic carbocycles. The average Bonchev–Trinajstić information content (AvgIpc) is 3.55. The van der Waals surface area contributed by atoms with Gasteiger partial charge in [-0.25, -0.2) is 4.98 Å². The SMILES string of the molecule is CCOc1ccc2nc(N3C(=O)C(O)=C(C(=O)c4ccco4)C3c3ccco3)sc2c1.Cl. The molecule has 10 heteroatoms. The number of ketones is 1. The summed E-state index contributed by atoms with van der Waals surface area (Å²) in [5.41, 5.74) is 0.545. The summed E-state index contributed by atoms with van der Waals surface area (Å²) in [6.45, 7) is 2.42. The second-order valence-electron chi connectivity index (χ2n) is 6.72. The van der Waals surface area contributed by atoms with Gasteiger partial charge in [0.1, 0.15) is 17.6 Å². The Labute approximate surface area is 192 Å². The van der Waals surface area contributed by atoms with Crippen molar-refractivity contribution < 1.29 is 28.3 Å². The maximum absolute atomic E-state index is 13.1. The van der Waals surface area contributed by atoms with Gasteiger partial charge in [-0.05, 0) is 49.4 Å². The molecule has 1 aliphatic rings. The predicted molar refractivity (Wildman–Crippen MR) is 120 cm³/mol. The lowest BCUT2D eigenvalue weighted by atomic mass is 10.00. The Morgan fingerprint density at radius 3 is 2.69 bits per heavy atom. The lowest BCUT2D eigenvalue weighted by Crippen LogP contribution is -2.30. The van der Waals surface area contributed by atoms with Crippen LogP contribution in [-0.2, 0) is 4.79 Å². The first-order valence-electron chi connectivity index (χ1n) is 9.50. The van der Waals surface area contributed by atoms with Gasteiger partial charge in [0.25, 0.3) is 5.91 Å². The molecule has 0 saturated heterocycles. The Balaban J connectivity index is 0.00000245. The summed E-state index contributed by atoms with van der Waals surface area (Å²) < 4.78 is 17.1. The largest absolute Gasteiger partial charge is 0.503 e.